The maximum atomic E-state index is 6.38. The summed E-state index contributed by atoms with van der Waals surface area (Å²) in [4.78, 5) is 2.62. The van der Waals surface area contributed by atoms with E-state index in [1.54, 1.807) is 0 Å². The smallest absolute Gasteiger partial charge is 0.0441 e. The van der Waals surface area contributed by atoms with Crippen molar-refractivity contribution in [2.24, 2.45) is 5.73 Å². The van der Waals surface area contributed by atoms with Crippen LogP contribution in [0.1, 0.15) is 44.1 Å². The fourth-order valence-electron chi connectivity index (χ4n) is 3.59. The van der Waals surface area contributed by atoms with Crippen molar-refractivity contribution in [3.63, 3.8) is 0 Å². The Morgan fingerprint density at radius 2 is 1.83 bits per heavy atom. The van der Waals surface area contributed by atoms with Gasteiger partial charge in [0.1, 0.15) is 0 Å². The lowest BCUT2D eigenvalue weighted by Crippen LogP contribution is -2.50. The summed E-state index contributed by atoms with van der Waals surface area (Å²) < 4.78 is 0. The molecular weight excluding hydrogens is 220 g/mol. The molecule has 1 aromatic carbocycles. The van der Waals surface area contributed by atoms with E-state index >= 15 is 0 Å². The maximum absolute atomic E-state index is 6.38. The van der Waals surface area contributed by atoms with E-state index in [9.17, 15) is 0 Å². The van der Waals surface area contributed by atoms with Gasteiger partial charge in [-0.3, -0.25) is 0 Å². The third kappa shape index (κ3) is 2.26. The number of aryl methyl sites for hydroxylation is 1. The molecule has 0 saturated heterocycles. The highest BCUT2D eigenvalue weighted by Gasteiger charge is 2.29. The van der Waals surface area contributed by atoms with Crippen LogP contribution in [-0.2, 0) is 6.42 Å². The molecule has 1 aromatic rings. The monoisotopic (exact) mass is 244 g/mol. The maximum Gasteiger partial charge on any atom is 0.0441 e. The number of benzene rings is 1. The van der Waals surface area contributed by atoms with Gasteiger partial charge in [0, 0.05) is 24.3 Å². The predicted octanol–water partition coefficient (Wildman–Crippen LogP) is 3.10. The van der Waals surface area contributed by atoms with Crippen molar-refractivity contribution in [3.8, 4) is 0 Å². The van der Waals surface area contributed by atoms with Crippen LogP contribution in [0.3, 0.4) is 0 Å². The lowest BCUT2D eigenvalue weighted by molar-refractivity contribution is 0.363. The van der Waals surface area contributed by atoms with E-state index in [1.807, 2.05) is 0 Å². The summed E-state index contributed by atoms with van der Waals surface area (Å²) in [5.41, 5.74) is 9.35. The topological polar surface area (TPSA) is 29.3 Å². The zero-order chi connectivity index (χ0) is 12.4. The van der Waals surface area contributed by atoms with Gasteiger partial charge in [0.2, 0.25) is 0 Å². The average Bonchev–Trinajstić information content (AvgIpc) is 2.62. The Bertz CT molecular complexity index is 402. The number of rotatable bonds is 1. The van der Waals surface area contributed by atoms with Gasteiger partial charge >= 0.3 is 0 Å². The first-order valence-corrected chi connectivity index (χ1v) is 7.46. The van der Waals surface area contributed by atoms with Gasteiger partial charge in [0.05, 0.1) is 0 Å². The molecule has 0 aromatic heterocycles. The molecule has 0 spiro atoms. The first kappa shape index (κ1) is 12.0. The lowest BCUT2D eigenvalue weighted by atomic mass is 9.89. The molecule has 2 aliphatic rings. The Balaban J connectivity index is 1.91. The molecule has 2 heteroatoms. The molecule has 0 bridgehead atoms. The minimum atomic E-state index is 0.366. The molecule has 2 N–H and O–H groups in total. The van der Waals surface area contributed by atoms with E-state index in [0.29, 0.717) is 12.1 Å². The standard InChI is InChI=1S/C16H24N2/c17-14-9-2-4-11-16(14)18-12-6-5-8-13-7-1-3-10-15(13)18/h1,3,7,10,14,16H,2,4-6,8-9,11-12,17H2. The molecule has 98 valence electrons. The summed E-state index contributed by atoms with van der Waals surface area (Å²) in [5, 5.41) is 0. The fourth-order valence-corrected chi connectivity index (χ4v) is 3.59. The van der Waals surface area contributed by atoms with E-state index in [0.717, 1.165) is 0 Å². The molecule has 0 amide bonds. The van der Waals surface area contributed by atoms with Crippen LogP contribution in [0, 0.1) is 0 Å². The SMILES string of the molecule is NC1CCCCC1N1CCCCc2ccccc21. The van der Waals surface area contributed by atoms with E-state index in [4.69, 9.17) is 5.73 Å². The van der Waals surface area contributed by atoms with Gasteiger partial charge in [-0.05, 0) is 43.7 Å². The van der Waals surface area contributed by atoms with Crippen LogP contribution in [0.4, 0.5) is 5.69 Å². The largest absolute Gasteiger partial charge is 0.367 e. The van der Waals surface area contributed by atoms with Crippen molar-refractivity contribution >= 4 is 5.69 Å². The molecule has 1 saturated carbocycles. The van der Waals surface area contributed by atoms with E-state index in [-0.39, 0.29) is 0 Å². The second-order valence-corrected chi connectivity index (χ2v) is 5.79. The van der Waals surface area contributed by atoms with Crippen LogP contribution in [0.25, 0.3) is 0 Å². The molecule has 18 heavy (non-hydrogen) atoms. The third-order valence-corrected chi connectivity index (χ3v) is 4.58. The summed E-state index contributed by atoms with van der Waals surface area (Å²) in [6.07, 6.45) is 8.98. The van der Waals surface area contributed by atoms with Crippen LogP contribution in [-0.4, -0.2) is 18.6 Å². The van der Waals surface area contributed by atoms with Gasteiger partial charge in [-0.25, -0.2) is 0 Å². The molecule has 2 unspecified atom stereocenters. The van der Waals surface area contributed by atoms with Gasteiger partial charge in [0.15, 0.2) is 0 Å². The van der Waals surface area contributed by atoms with Crippen LogP contribution in [0.15, 0.2) is 24.3 Å². The highest BCUT2D eigenvalue weighted by Crippen LogP contribution is 2.32. The minimum Gasteiger partial charge on any atom is -0.367 e. The molecule has 1 heterocycles. The predicted molar refractivity (Wildman–Crippen MR) is 77.0 cm³/mol. The van der Waals surface area contributed by atoms with E-state index in [2.05, 4.69) is 29.2 Å². The summed E-state index contributed by atoms with van der Waals surface area (Å²) in [6, 6.07) is 9.86. The van der Waals surface area contributed by atoms with Crippen LogP contribution >= 0.6 is 0 Å². The van der Waals surface area contributed by atoms with Gasteiger partial charge in [-0.2, -0.15) is 0 Å². The highest BCUT2D eigenvalue weighted by atomic mass is 15.2. The first-order valence-electron chi connectivity index (χ1n) is 7.46. The van der Waals surface area contributed by atoms with E-state index in [1.165, 1.54) is 62.7 Å². The first-order chi connectivity index (χ1) is 8.86. The average molecular weight is 244 g/mol. The zero-order valence-electron chi connectivity index (χ0n) is 11.1. The number of hydrogen-bond donors (Lipinski definition) is 1. The molecule has 2 atom stereocenters. The molecule has 1 aliphatic carbocycles. The van der Waals surface area contributed by atoms with Gasteiger partial charge in [-0.1, -0.05) is 31.0 Å². The van der Waals surface area contributed by atoms with Crippen molar-refractivity contribution in [2.45, 2.75) is 57.0 Å². The van der Waals surface area contributed by atoms with Crippen molar-refractivity contribution in [1.29, 1.82) is 0 Å². The number of nitrogens with zero attached hydrogens (tertiary/aromatic N) is 1. The molecule has 3 rings (SSSR count). The Labute approximate surface area is 110 Å². The Hall–Kier alpha value is -1.02. The number of hydrogen-bond acceptors (Lipinski definition) is 2. The van der Waals surface area contributed by atoms with Gasteiger partial charge < -0.3 is 10.6 Å². The van der Waals surface area contributed by atoms with Gasteiger partial charge in [-0.15, -0.1) is 0 Å². The number of anilines is 1. The molecule has 1 aliphatic heterocycles. The summed E-state index contributed by atoms with van der Waals surface area (Å²) in [6.45, 7) is 1.19. The second-order valence-electron chi connectivity index (χ2n) is 5.79. The highest BCUT2D eigenvalue weighted by molar-refractivity contribution is 5.55. The third-order valence-electron chi connectivity index (χ3n) is 4.58. The van der Waals surface area contributed by atoms with Crippen molar-refractivity contribution in [3.05, 3.63) is 29.8 Å². The molecule has 2 nitrogen and oxygen atoms in total. The normalized spacial score (nSPS) is 28.6. The molecular formula is C16H24N2. The molecule has 1 fully saturated rings. The number of nitrogens with two attached hydrogens (primary N) is 1. The van der Waals surface area contributed by atoms with Crippen molar-refractivity contribution < 1.29 is 0 Å². The zero-order valence-corrected chi connectivity index (χ0v) is 11.1. The quantitative estimate of drug-likeness (QED) is 0.822. The summed E-state index contributed by atoms with van der Waals surface area (Å²) >= 11 is 0. The molecule has 0 radical (unpaired) electrons. The van der Waals surface area contributed by atoms with Crippen LogP contribution in [0.2, 0.25) is 0 Å². The summed E-state index contributed by atoms with van der Waals surface area (Å²) in [7, 11) is 0. The van der Waals surface area contributed by atoms with Crippen molar-refractivity contribution in [2.75, 3.05) is 11.4 Å². The van der Waals surface area contributed by atoms with Crippen molar-refractivity contribution in [1.82, 2.24) is 0 Å². The second kappa shape index (κ2) is 5.31. The summed E-state index contributed by atoms with van der Waals surface area (Å²) in [5.74, 6) is 0. The fraction of sp³-hybridized carbons (Fsp3) is 0.625. The van der Waals surface area contributed by atoms with Crippen LogP contribution in [0.5, 0.6) is 0 Å². The van der Waals surface area contributed by atoms with Crippen LogP contribution < -0.4 is 10.6 Å². The van der Waals surface area contributed by atoms with E-state index < -0.39 is 0 Å². The Kier molecular flexibility index (Phi) is 3.55. The van der Waals surface area contributed by atoms with Gasteiger partial charge in [0.25, 0.3) is 0 Å². The lowest BCUT2D eigenvalue weighted by Gasteiger charge is -2.40. The Morgan fingerprint density at radius 1 is 1.00 bits per heavy atom. The minimum absolute atomic E-state index is 0.366. The Morgan fingerprint density at radius 3 is 2.72 bits per heavy atom. The number of para-hydroxylation sites is 1. The number of fused-ring (bicyclic) bond motifs is 1.